The van der Waals surface area contributed by atoms with Crippen molar-refractivity contribution in [2.75, 3.05) is 40.5 Å². The van der Waals surface area contributed by atoms with Crippen LogP contribution in [0.1, 0.15) is 57.6 Å². The molecule has 0 spiro atoms. The van der Waals surface area contributed by atoms with Crippen molar-refractivity contribution in [1.82, 2.24) is 9.80 Å². The van der Waals surface area contributed by atoms with Crippen molar-refractivity contribution in [3.8, 4) is 22.6 Å². The van der Waals surface area contributed by atoms with E-state index in [2.05, 4.69) is 30.3 Å². The number of rotatable bonds is 12. The van der Waals surface area contributed by atoms with E-state index in [1.807, 2.05) is 68.1 Å². The summed E-state index contributed by atoms with van der Waals surface area (Å²) in [6.07, 6.45) is 2.80. The van der Waals surface area contributed by atoms with Crippen molar-refractivity contribution >= 4 is 17.6 Å². The van der Waals surface area contributed by atoms with Gasteiger partial charge in [0.1, 0.15) is 17.1 Å². The fourth-order valence-electron chi connectivity index (χ4n) is 5.72. The number of amides is 2. The summed E-state index contributed by atoms with van der Waals surface area (Å²) in [4.78, 5) is 31.5. The molecule has 244 valence electrons. The largest absolute Gasteiger partial charge is 0.497 e. The van der Waals surface area contributed by atoms with Crippen LogP contribution in [-0.4, -0.2) is 74.0 Å². The SMILES string of the molecule is COCCCOc1cc(CN(C(=O)C2=C(c3cccc(-c4ccccc4)c3)CCN(C(=O)OC(C)(C)C)C2)C2CC2)cc(OC)c1. The maximum atomic E-state index is 14.7. The van der Waals surface area contributed by atoms with Gasteiger partial charge in [0.05, 0.1) is 20.3 Å². The molecule has 1 aliphatic carbocycles. The van der Waals surface area contributed by atoms with Gasteiger partial charge in [0.2, 0.25) is 0 Å². The smallest absolute Gasteiger partial charge is 0.410 e. The molecule has 0 saturated heterocycles. The zero-order valence-corrected chi connectivity index (χ0v) is 27.7. The van der Waals surface area contributed by atoms with E-state index in [0.717, 1.165) is 47.1 Å². The van der Waals surface area contributed by atoms with Crippen molar-refractivity contribution in [2.45, 2.75) is 64.6 Å². The lowest BCUT2D eigenvalue weighted by Gasteiger charge is -2.34. The zero-order chi connectivity index (χ0) is 32.7. The molecule has 8 nitrogen and oxygen atoms in total. The average Bonchev–Trinajstić information content (AvgIpc) is 3.90. The van der Waals surface area contributed by atoms with Gasteiger partial charge >= 0.3 is 6.09 Å². The normalized spacial score (nSPS) is 15.0. The van der Waals surface area contributed by atoms with E-state index >= 15 is 0 Å². The monoisotopic (exact) mass is 626 g/mol. The van der Waals surface area contributed by atoms with Gasteiger partial charge in [-0.15, -0.1) is 0 Å². The third kappa shape index (κ3) is 8.69. The van der Waals surface area contributed by atoms with Gasteiger partial charge in [-0.2, -0.15) is 0 Å². The summed E-state index contributed by atoms with van der Waals surface area (Å²) in [6.45, 7) is 7.77. The van der Waals surface area contributed by atoms with E-state index in [-0.39, 0.29) is 18.5 Å². The Morgan fingerprint density at radius 3 is 2.28 bits per heavy atom. The molecule has 0 unspecified atom stereocenters. The van der Waals surface area contributed by atoms with E-state index < -0.39 is 11.7 Å². The Morgan fingerprint density at radius 1 is 0.870 bits per heavy atom. The van der Waals surface area contributed by atoms with Gasteiger partial charge in [-0.05, 0) is 86.1 Å². The quantitative estimate of drug-likeness (QED) is 0.196. The van der Waals surface area contributed by atoms with Crippen LogP contribution in [0.5, 0.6) is 11.5 Å². The van der Waals surface area contributed by atoms with Crippen molar-refractivity contribution in [1.29, 1.82) is 0 Å². The van der Waals surface area contributed by atoms with Crippen molar-refractivity contribution in [3.63, 3.8) is 0 Å². The molecule has 3 aromatic rings. The van der Waals surface area contributed by atoms with Crippen LogP contribution in [-0.2, 0) is 20.8 Å². The van der Waals surface area contributed by atoms with Crippen LogP contribution in [0.4, 0.5) is 4.79 Å². The molecule has 8 heteroatoms. The molecular formula is C38H46N2O6. The Bertz CT molecular complexity index is 1540. The van der Waals surface area contributed by atoms with Crippen molar-refractivity contribution in [3.05, 3.63) is 89.5 Å². The van der Waals surface area contributed by atoms with E-state index in [1.54, 1.807) is 19.1 Å². The van der Waals surface area contributed by atoms with E-state index in [9.17, 15) is 9.59 Å². The maximum absolute atomic E-state index is 14.7. The molecule has 0 radical (unpaired) electrons. The van der Waals surface area contributed by atoms with Gasteiger partial charge in [0.25, 0.3) is 5.91 Å². The van der Waals surface area contributed by atoms with Gasteiger partial charge in [-0.1, -0.05) is 48.5 Å². The van der Waals surface area contributed by atoms with Gasteiger partial charge < -0.3 is 28.7 Å². The first-order chi connectivity index (χ1) is 22.1. The Morgan fingerprint density at radius 2 is 1.59 bits per heavy atom. The predicted molar refractivity (Wildman–Crippen MR) is 180 cm³/mol. The lowest BCUT2D eigenvalue weighted by Crippen LogP contribution is -2.44. The van der Waals surface area contributed by atoms with Crippen LogP contribution in [0.25, 0.3) is 16.7 Å². The second-order valence-electron chi connectivity index (χ2n) is 12.9. The number of hydrogen-bond acceptors (Lipinski definition) is 6. The minimum absolute atomic E-state index is 0.0544. The van der Waals surface area contributed by atoms with E-state index in [0.29, 0.717) is 49.8 Å². The summed E-state index contributed by atoms with van der Waals surface area (Å²) < 4.78 is 22.5. The summed E-state index contributed by atoms with van der Waals surface area (Å²) in [5.74, 6) is 1.31. The fraction of sp³-hybridized carbons (Fsp3) is 0.421. The molecule has 1 aliphatic heterocycles. The van der Waals surface area contributed by atoms with Gasteiger partial charge in [-0.3, -0.25) is 4.79 Å². The molecule has 5 rings (SSSR count). The minimum atomic E-state index is -0.634. The van der Waals surface area contributed by atoms with Crippen LogP contribution >= 0.6 is 0 Å². The minimum Gasteiger partial charge on any atom is -0.497 e. The van der Waals surface area contributed by atoms with Crippen LogP contribution in [0.3, 0.4) is 0 Å². The zero-order valence-electron chi connectivity index (χ0n) is 27.7. The molecular weight excluding hydrogens is 580 g/mol. The lowest BCUT2D eigenvalue weighted by atomic mass is 9.90. The molecule has 1 fully saturated rings. The molecule has 46 heavy (non-hydrogen) atoms. The van der Waals surface area contributed by atoms with Gasteiger partial charge in [0.15, 0.2) is 0 Å². The number of hydrogen-bond donors (Lipinski definition) is 0. The molecule has 0 atom stereocenters. The van der Waals surface area contributed by atoms with Gasteiger partial charge in [0, 0.05) is 50.9 Å². The van der Waals surface area contributed by atoms with Crippen LogP contribution in [0.2, 0.25) is 0 Å². The fourth-order valence-corrected chi connectivity index (χ4v) is 5.72. The molecule has 0 N–H and O–H groups in total. The van der Waals surface area contributed by atoms with Gasteiger partial charge in [-0.25, -0.2) is 4.79 Å². The molecule has 0 bridgehead atoms. The molecule has 0 aromatic heterocycles. The Labute approximate surface area is 272 Å². The second kappa shape index (κ2) is 14.9. The Balaban J connectivity index is 1.48. The summed E-state index contributed by atoms with van der Waals surface area (Å²) in [7, 11) is 3.30. The third-order valence-electron chi connectivity index (χ3n) is 8.11. The molecule has 2 aliphatic rings. The average molecular weight is 627 g/mol. The summed E-state index contributed by atoms with van der Waals surface area (Å²) in [5.41, 5.74) is 5.09. The number of carbonyl (C=O) groups is 2. The second-order valence-corrected chi connectivity index (χ2v) is 12.9. The van der Waals surface area contributed by atoms with Crippen LogP contribution in [0, 0.1) is 0 Å². The number of ether oxygens (including phenoxy) is 4. The Kier molecular flexibility index (Phi) is 10.7. The van der Waals surface area contributed by atoms with Crippen LogP contribution < -0.4 is 9.47 Å². The highest BCUT2D eigenvalue weighted by Gasteiger charge is 2.38. The standard InChI is InChI=1S/C38H46N2O6/c1-38(2,3)46-37(42)39-18-17-34(30-14-9-13-29(23-30)28-11-7-6-8-12-28)35(26-39)36(41)40(31-15-16-31)25-27-21-32(44-5)24-33(22-27)45-20-10-19-43-4/h6-9,11-14,21-24,31H,10,15-20,25-26H2,1-5H3. The first-order valence-electron chi connectivity index (χ1n) is 16.1. The first-order valence-corrected chi connectivity index (χ1v) is 16.1. The molecule has 2 amide bonds. The summed E-state index contributed by atoms with van der Waals surface area (Å²) >= 11 is 0. The van der Waals surface area contributed by atoms with Crippen molar-refractivity contribution in [2.24, 2.45) is 0 Å². The highest BCUT2D eigenvalue weighted by molar-refractivity contribution is 6.03. The number of methoxy groups -OCH3 is 2. The van der Waals surface area contributed by atoms with Crippen LogP contribution in [0.15, 0.2) is 78.4 Å². The maximum Gasteiger partial charge on any atom is 0.410 e. The predicted octanol–water partition coefficient (Wildman–Crippen LogP) is 7.36. The summed E-state index contributed by atoms with van der Waals surface area (Å²) in [5, 5.41) is 0. The van der Waals surface area contributed by atoms with E-state index in [1.165, 1.54) is 0 Å². The number of nitrogens with zero attached hydrogens (tertiary/aromatic N) is 2. The highest BCUT2D eigenvalue weighted by Crippen LogP contribution is 2.36. The summed E-state index contributed by atoms with van der Waals surface area (Å²) in [6, 6.07) is 24.5. The number of benzene rings is 3. The van der Waals surface area contributed by atoms with E-state index in [4.69, 9.17) is 18.9 Å². The molecule has 1 heterocycles. The topological polar surface area (TPSA) is 77.5 Å². The highest BCUT2D eigenvalue weighted by atomic mass is 16.6. The number of carbonyl (C=O) groups excluding carboxylic acids is 2. The van der Waals surface area contributed by atoms with Crippen molar-refractivity contribution < 1.29 is 28.5 Å². The molecule has 3 aromatic carbocycles. The third-order valence-corrected chi connectivity index (χ3v) is 8.11. The Hall–Kier alpha value is -4.30. The first kappa shape index (κ1) is 33.1. The molecule has 1 saturated carbocycles. The lowest BCUT2D eigenvalue weighted by molar-refractivity contribution is -0.128.